The molecule has 0 saturated heterocycles. The van der Waals surface area contributed by atoms with Crippen LogP contribution in [-0.2, 0) is 26.2 Å². The zero-order valence-electron chi connectivity index (χ0n) is 21.1. The van der Waals surface area contributed by atoms with Crippen molar-refractivity contribution >= 4 is 50.7 Å². The van der Waals surface area contributed by atoms with Gasteiger partial charge in [0.05, 0.1) is 11.9 Å². The molecule has 0 spiro atoms. The Morgan fingerprint density at radius 1 is 1.08 bits per heavy atom. The van der Waals surface area contributed by atoms with Crippen LogP contribution in [0.15, 0.2) is 36.4 Å². The van der Waals surface area contributed by atoms with Gasteiger partial charge in [-0.25, -0.2) is 8.42 Å². The number of benzene rings is 2. The van der Waals surface area contributed by atoms with Crippen LogP contribution in [0.3, 0.4) is 0 Å². The van der Waals surface area contributed by atoms with Gasteiger partial charge in [-0.05, 0) is 62.4 Å². The summed E-state index contributed by atoms with van der Waals surface area (Å²) in [5.74, 6) is -0.790. The van der Waals surface area contributed by atoms with Crippen LogP contribution in [-0.4, -0.2) is 50.0 Å². The first-order valence-corrected chi connectivity index (χ1v) is 14.6. The van der Waals surface area contributed by atoms with Gasteiger partial charge in [-0.3, -0.25) is 13.9 Å². The summed E-state index contributed by atoms with van der Waals surface area (Å²) in [4.78, 5) is 28.3. The second kappa shape index (κ2) is 11.8. The molecule has 3 rings (SSSR count). The van der Waals surface area contributed by atoms with Gasteiger partial charge in [0.2, 0.25) is 21.8 Å². The van der Waals surface area contributed by atoms with E-state index in [1.165, 1.54) is 4.90 Å². The fraction of sp³-hybridized carbons (Fsp3) is 0.462. The SMILES string of the molecule is Cc1cccc(C)c1N(CC(=O)N(Cc1ccc(Cl)cc1Cl)[C@H](C)C(=O)NC1CCCC1)S(C)(=O)=O. The molecule has 1 fully saturated rings. The van der Waals surface area contributed by atoms with Gasteiger partial charge in [0.25, 0.3) is 0 Å². The van der Waals surface area contributed by atoms with Crippen molar-refractivity contribution in [3.63, 3.8) is 0 Å². The van der Waals surface area contributed by atoms with Crippen LogP contribution in [0.5, 0.6) is 0 Å². The fourth-order valence-electron chi connectivity index (χ4n) is 4.58. The van der Waals surface area contributed by atoms with E-state index in [9.17, 15) is 18.0 Å². The van der Waals surface area contributed by atoms with Crippen LogP contribution in [0, 0.1) is 13.8 Å². The quantitative estimate of drug-likeness (QED) is 0.480. The number of carbonyl (C=O) groups excluding carboxylic acids is 2. The lowest BCUT2D eigenvalue weighted by atomic mass is 10.1. The molecule has 0 unspecified atom stereocenters. The molecule has 1 aliphatic carbocycles. The van der Waals surface area contributed by atoms with E-state index >= 15 is 0 Å². The van der Waals surface area contributed by atoms with Crippen molar-refractivity contribution in [2.45, 2.75) is 65.1 Å². The van der Waals surface area contributed by atoms with Gasteiger partial charge >= 0.3 is 0 Å². The summed E-state index contributed by atoms with van der Waals surface area (Å²) in [5.41, 5.74) is 2.52. The van der Waals surface area contributed by atoms with E-state index in [0.29, 0.717) is 21.3 Å². The molecule has 1 atom stereocenters. The lowest BCUT2D eigenvalue weighted by Gasteiger charge is -2.33. The van der Waals surface area contributed by atoms with Crippen molar-refractivity contribution in [2.75, 3.05) is 17.1 Å². The monoisotopic (exact) mass is 553 g/mol. The van der Waals surface area contributed by atoms with E-state index in [-0.39, 0.29) is 18.5 Å². The summed E-state index contributed by atoms with van der Waals surface area (Å²) in [6, 6.07) is 9.61. The molecule has 2 aromatic rings. The summed E-state index contributed by atoms with van der Waals surface area (Å²) in [6.07, 6.45) is 5.00. The smallest absolute Gasteiger partial charge is 0.244 e. The molecule has 36 heavy (non-hydrogen) atoms. The number of sulfonamides is 1. The summed E-state index contributed by atoms with van der Waals surface area (Å²) >= 11 is 12.4. The average Bonchev–Trinajstić information content (AvgIpc) is 3.29. The highest BCUT2D eigenvalue weighted by molar-refractivity contribution is 7.92. The Hall–Kier alpha value is -2.29. The number of rotatable bonds is 9. The lowest BCUT2D eigenvalue weighted by Crippen LogP contribution is -2.52. The number of hydrogen-bond donors (Lipinski definition) is 1. The number of amides is 2. The van der Waals surface area contributed by atoms with Gasteiger partial charge in [0.15, 0.2) is 0 Å². The van der Waals surface area contributed by atoms with E-state index in [4.69, 9.17) is 23.2 Å². The summed E-state index contributed by atoms with van der Waals surface area (Å²) in [5, 5.41) is 3.85. The standard InChI is InChI=1S/C26H33Cl2N3O4S/c1-17-8-7-9-18(2)25(17)31(36(4,34)35)16-24(32)30(15-20-12-13-21(27)14-23(20)28)19(3)26(33)29-22-10-5-6-11-22/h7-9,12-14,19,22H,5-6,10-11,15-16H2,1-4H3,(H,29,33)/t19-/m1/s1. The van der Waals surface area contributed by atoms with Gasteiger partial charge < -0.3 is 10.2 Å². The van der Waals surface area contributed by atoms with Gasteiger partial charge in [-0.15, -0.1) is 0 Å². The molecule has 0 bridgehead atoms. The number of anilines is 1. The predicted octanol–water partition coefficient (Wildman–Crippen LogP) is 4.85. The maximum absolute atomic E-state index is 13.7. The number of hydrogen-bond acceptors (Lipinski definition) is 4. The Balaban J connectivity index is 1.95. The molecule has 1 aliphatic rings. The minimum atomic E-state index is -3.80. The second-order valence-electron chi connectivity index (χ2n) is 9.43. The Labute approximate surface area is 223 Å². The zero-order chi connectivity index (χ0) is 26.6. The van der Waals surface area contributed by atoms with Crippen molar-refractivity contribution < 1.29 is 18.0 Å². The molecule has 2 aromatic carbocycles. The van der Waals surface area contributed by atoms with Crippen molar-refractivity contribution in [3.05, 3.63) is 63.1 Å². The topological polar surface area (TPSA) is 86.8 Å². The number of nitrogens with zero attached hydrogens (tertiary/aromatic N) is 2. The first-order chi connectivity index (χ1) is 16.9. The highest BCUT2D eigenvalue weighted by atomic mass is 35.5. The molecule has 0 aromatic heterocycles. The third kappa shape index (κ3) is 6.93. The minimum Gasteiger partial charge on any atom is -0.352 e. The van der Waals surface area contributed by atoms with Crippen LogP contribution in [0.4, 0.5) is 5.69 Å². The van der Waals surface area contributed by atoms with Crippen LogP contribution in [0.2, 0.25) is 10.0 Å². The van der Waals surface area contributed by atoms with Crippen molar-refractivity contribution in [1.82, 2.24) is 10.2 Å². The molecular weight excluding hydrogens is 521 g/mol. The molecule has 196 valence electrons. The van der Waals surface area contributed by atoms with E-state index in [2.05, 4.69) is 5.32 Å². The minimum absolute atomic E-state index is 0.0262. The number of para-hydroxylation sites is 1. The molecule has 0 radical (unpaired) electrons. The third-order valence-electron chi connectivity index (χ3n) is 6.59. The third-order valence-corrected chi connectivity index (χ3v) is 8.29. The van der Waals surface area contributed by atoms with E-state index in [1.807, 2.05) is 6.07 Å². The normalized spacial score (nSPS) is 14.9. The molecule has 0 heterocycles. The molecule has 2 amide bonds. The van der Waals surface area contributed by atoms with Gasteiger partial charge in [0, 0.05) is 22.6 Å². The largest absolute Gasteiger partial charge is 0.352 e. The van der Waals surface area contributed by atoms with Crippen LogP contribution >= 0.6 is 23.2 Å². The Morgan fingerprint density at radius 3 is 2.25 bits per heavy atom. The maximum Gasteiger partial charge on any atom is 0.244 e. The predicted molar refractivity (Wildman–Crippen MR) is 145 cm³/mol. The molecule has 1 N–H and O–H groups in total. The zero-order valence-corrected chi connectivity index (χ0v) is 23.4. The number of carbonyl (C=O) groups is 2. The van der Waals surface area contributed by atoms with Crippen LogP contribution < -0.4 is 9.62 Å². The Kier molecular flexibility index (Phi) is 9.30. The fourth-order valence-corrected chi connectivity index (χ4v) is 6.02. The molecule has 7 nitrogen and oxygen atoms in total. The summed E-state index contributed by atoms with van der Waals surface area (Å²) in [6.45, 7) is 4.83. The number of halogens is 2. The maximum atomic E-state index is 13.7. The van der Waals surface area contributed by atoms with Crippen molar-refractivity contribution in [1.29, 1.82) is 0 Å². The first-order valence-electron chi connectivity index (χ1n) is 12.0. The lowest BCUT2D eigenvalue weighted by molar-refractivity contribution is -0.139. The second-order valence-corrected chi connectivity index (χ2v) is 12.2. The van der Waals surface area contributed by atoms with Crippen LogP contribution in [0.25, 0.3) is 0 Å². The van der Waals surface area contributed by atoms with Gasteiger partial charge in [-0.1, -0.05) is 60.3 Å². The molecule has 1 saturated carbocycles. The highest BCUT2D eigenvalue weighted by Crippen LogP contribution is 2.28. The molecular formula is C26H33Cl2N3O4S. The number of nitrogens with one attached hydrogen (secondary N) is 1. The van der Waals surface area contributed by atoms with Crippen LogP contribution in [0.1, 0.15) is 49.3 Å². The van der Waals surface area contributed by atoms with Gasteiger partial charge in [-0.2, -0.15) is 0 Å². The molecule has 10 heteroatoms. The summed E-state index contributed by atoms with van der Waals surface area (Å²) < 4.78 is 26.7. The van der Waals surface area contributed by atoms with E-state index in [0.717, 1.165) is 47.4 Å². The van der Waals surface area contributed by atoms with Crippen molar-refractivity contribution in [3.8, 4) is 0 Å². The Morgan fingerprint density at radius 2 is 1.69 bits per heavy atom. The number of aryl methyl sites for hydroxylation is 2. The highest BCUT2D eigenvalue weighted by Gasteiger charge is 2.32. The van der Waals surface area contributed by atoms with Gasteiger partial charge in [0.1, 0.15) is 12.6 Å². The summed E-state index contributed by atoms with van der Waals surface area (Å²) in [7, 11) is -3.80. The van der Waals surface area contributed by atoms with E-state index < -0.39 is 28.5 Å². The Bertz CT molecular complexity index is 1210. The molecule has 0 aliphatic heterocycles. The van der Waals surface area contributed by atoms with Crippen molar-refractivity contribution in [2.24, 2.45) is 0 Å². The first kappa shape index (κ1) is 28.3. The van der Waals surface area contributed by atoms with E-state index in [1.54, 1.807) is 51.1 Å². The average molecular weight is 555 g/mol.